The van der Waals surface area contributed by atoms with Gasteiger partial charge in [0.1, 0.15) is 11.2 Å². The molecule has 24 heavy (non-hydrogen) atoms. The Balaban J connectivity index is 2.01. The van der Waals surface area contributed by atoms with Crippen molar-refractivity contribution >= 4 is 43.7 Å². The fourth-order valence-corrected chi connectivity index (χ4v) is 3.97. The van der Waals surface area contributed by atoms with Crippen molar-refractivity contribution < 1.29 is 4.42 Å². The normalized spacial score (nSPS) is 12.1. The molecule has 0 amide bonds. The molecule has 0 unspecified atom stereocenters. The van der Waals surface area contributed by atoms with Crippen LogP contribution >= 0.6 is 0 Å². The van der Waals surface area contributed by atoms with E-state index in [9.17, 15) is 0 Å². The summed E-state index contributed by atoms with van der Waals surface area (Å²) in [5.74, 6) is 0. The Morgan fingerprint density at radius 2 is 1.71 bits per heavy atom. The second kappa shape index (κ2) is 4.88. The summed E-state index contributed by atoms with van der Waals surface area (Å²) in [5, 5.41) is 4.92. The molecule has 0 N–H and O–H groups in total. The van der Waals surface area contributed by atoms with Crippen molar-refractivity contribution in [3.05, 3.63) is 60.2 Å². The van der Waals surface area contributed by atoms with Crippen LogP contribution in [0.1, 0.15) is 18.9 Å². The molecular formula is C22H19NO. The Bertz CT molecular complexity index is 1220. The zero-order chi connectivity index (χ0) is 16.3. The Morgan fingerprint density at radius 1 is 0.875 bits per heavy atom. The molecule has 0 fully saturated rings. The highest BCUT2D eigenvalue weighted by Crippen LogP contribution is 2.38. The van der Waals surface area contributed by atoms with Gasteiger partial charge in [-0.25, -0.2) is 0 Å². The molecule has 2 aromatic heterocycles. The fourth-order valence-electron chi connectivity index (χ4n) is 3.97. The van der Waals surface area contributed by atoms with Crippen molar-refractivity contribution in [2.45, 2.75) is 19.8 Å². The molecule has 2 heteroatoms. The van der Waals surface area contributed by atoms with Gasteiger partial charge in [0.05, 0.1) is 10.9 Å². The summed E-state index contributed by atoms with van der Waals surface area (Å²) in [5.41, 5.74) is 5.85. The molecule has 0 aliphatic heterocycles. The van der Waals surface area contributed by atoms with Gasteiger partial charge >= 0.3 is 0 Å². The smallest absolute Gasteiger partial charge is 0.145 e. The van der Waals surface area contributed by atoms with E-state index < -0.39 is 0 Å². The molecule has 0 saturated heterocycles. The summed E-state index contributed by atoms with van der Waals surface area (Å²) in [7, 11) is 2.14. The van der Waals surface area contributed by atoms with Gasteiger partial charge in [-0.1, -0.05) is 37.6 Å². The Kier molecular flexibility index (Phi) is 2.78. The molecule has 2 heterocycles. The maximum Gasteiger partial charge on any atom is 0.145 e. The van der Waals surface area contributed by atoms with Gasteiger partial charge in [0, 0.05) is 28.7 Å². The van der Waals surface area contributed by atoms with Crippen LogP contribution in [0.3, 0.4) is 0 Å². The van der Waals surface area contributed by atoms with E-state index in [2.05, 4.69) is 67.1 Å². The number of para-hydroxylation sites is 1. The molecular weight excluding hydrogens is 294 g/mol. The van der Waals surface area contributed by atoms with Crippen molar-refractivity contribution in [2.75, 3.05) is 0 Å². The van der Waals surface area contributed by atoms with E-state index in [-0.39, 0.29) is 0 Å². The van der Waals surface area contributed by atoms with Gasteiger partial charge in [-0.15, -0.1) is 0 Å². The Morgan fingerprint density at radius 3 is 2.58 bits per heavy atom. The average Bonchev–Trinajstić information content (AvgIpc) is 3.11. The third-order valence-corrected chi connectivity index (χ3v) is 5.12. The highest BCUT2D eigenvalue weighted by atomic mass is 16.3. The number of benzene rings is 3. The number of fused-ring (bicyclic) bond motifs is 7. The first-order valence-corrected chi connectivity index (χ1v) is 8.59. The monoisotopic (exact) mass is 313 g/mol. The first-order chi connectivity index (χ1) is 11.8. The standard InChI is InChI=1S/C22H19NO/c1-3-6-14-9-11-18-17(13-14)21-19(23(18)2)12-10-16-15-7-4-5-8-20(15)24-22(16)21/h4-5,7-13H,3,6H2,1-2H3. The zero-order valence-electron chi connectivity index (χ0n) is 14.0. The molecule has 2 nitrogen and oxygen atoms in total. The fraction of sp³-hybridized carbons (Fsp3) is 0.182. The number of rotatable bonds is 2. The zero-order valence-corrected chi connectivity index (χ0v) is 14.0. The molecule has 0 aliphatic rings. The summed E-state index contributed by atoms with van der Waals surface area (Å²) < 4.78 is 8.54. The molecule has 0 saturated carbocycles. The summed E-state index contributed by atoms with van der Waals surface area (Å²) >= 11 is 0. The molecule has 0 bridgehead atoms. The lowest BCUT2D eigenvalue weighted by molar-refractivity contribution is 0.673. The first-order valence-electron chi connectivity index (χ1n) is 8.59. The van der Waals surface area contributed by atoms with Gasteiger partial charge in [0.25, 0.3) is 0 Å². The van der Waals surface area contributed by atoms with Crippen LogP contribution in [0, 0.1) is 0 Å². The molecule has 0 atom stereocenters. The third-order valence-electron chi connectivity index (χ3n) is 5.12. The molecule has 5 aromatic rings. The highest BCUT2D eigenvalue weighted by molar-refractivity contribution is 6.23. The van der Waals surface area contributed by atoms with E-state index in [0.29, 0.717) is 0 Å². The van der Waals surface area contributed by atoms with E-state index in [1.54, 1.807) is 0 Å². The van der Waals surface area contributed by atoms with Crippen molar-refractivity contribution in [1.29, 1.82) is 0 Å². The van der Waals surface area contributed by atoms with Crippen molar-refractivity contribution in [1.82, 2.24) is 4.57 Å². The van der Waals surface area contributed by atoms with Gasteiger partial charge in [-0.3, -0.25) is 0 Å². The lowest BCUT2D eigenvalue weighted by atomic mass is 10.0. The summed E-state index contributed by atoms with van der Waals surface area (Å²) in [6, 6.07) is 19.5. The summed E-state index contributed by atoms with van der Waals surface area (Å²) in [6.07, 6.45) is 2.28. The van der Waals surface area contributed by atoms with Gasteiger partial charge < -0.3 is 8.98 Å². The van der Waals surface area contributed by atoms with E-state index >= 15 is 0 Å². The lowest BCUT2D eigenvalue weighted by Gasteiger charge is -2.00. The minimum absolute atomic E-state index is 0.960. The predicted molar refractivity (Wildman–Crippen MR) is 102 cm³/mol. The molecule has 118 valence electrons. The van der Waals surface area contributed by atoms with Crippen molar-refractivity contribution in [2.24, 2.45) is 7.05 Å². The molecule has 3 aromatic carbocycles. The number of aryl methyl sites for hydroxylation is 2. The minimum Gasteiger partial charge on any atom is -0.455 e. The van der Waals surface area contributed by atoms with Crippen molar-refractivity contribution in [3.63, 3.8) is 0 Å². The van der Waals surface area contributed by atoms with E-state index in [1.165, 1.54) is 38.1 Å². The number of aromatic nitrogens is 1. The van der Waals surface area contributed by atoms with Gasteiger partial charge in [-0.2, -0.15) is 0 Å². The van der Waals surface area contributed by atoms with Crippen LogP contribution in [-0.2, 0) is 13.5 Å². The topological polar surface area (TPSA) is 18.1 Å². The van der Waals surface area contributed by atoms with E-state index in [1.807, 2.05) is 6.07 Å². The Labute approximate surface area is 140 Å². The van der Waals surface area contributed by atoms with Gasteiger partial charge in [0.2, 0.25) is 0 Å². The second-order valence-corrected chi connectivity index (χ2v) is 6.60. The lowest BCUT2D eigenvalue weighted by Crippen LogP contribution is -1.87. The number of hydrogen-bond acceptors (Lipinski definition) is 1. The van der Waals surface area contributed by atoms with Crippen LogP contribution in [0.2, 0.25) is 0 Å². The molecule has 5 rings (SSSR count). The maximum atomic E-state index is 6.27. The molecule has 0 radical (unpaired) electrons. The largest absolute Gasteiger partial charge is 0.455 e. The van der Waals surface area contributed by atoms with E-state index in [4.69, 9.17) is 4.42 Å². The van der Waals surface area contributed by atoms with Crippen LogP contribution in [-0.4, -0.2) is 4.57 Å². The predicted octanol–water partition coefficient (Wildman–Crippen LogP) is 6.18. The number of nitrogens with zero attached hydrogens (tertiary/aromatic N) is 1. The van der Waals surface area contributed by atoms with Gasteiger partial charge in [-0.05, 0) is 42.3 Å². The minimum atomic E-state index is 0.960. The maximum absolute atomic E-state index is 6.27. The number of hydrogen-bond donors (Lipinski definition) is 0. The molecule has 0 aliphatic carbocycles. The highest BCUT2D eigenvalue weighted by Gasteiger charge is 2.16. The van der Waals surface area contributed by atoms with E-state index in [0.717, 1.165) is 24.0 Å². The van der Waals surface area contributed by atoms with Crippen molar-refractivity contribution in [3.8, 4) is 0 Å². The summed E-state index contributed by atoms with van der Waals surface area (Å²) in [4.78, 5) is 0. The average molecular weight is 313 g/mol. The molecule has 0 spiro atoms. The van der Waals surface area contributed by atoms with Crippen LogP contribution < -0.4 is 0 Å². The van der Waals surface area contributed by atoms with Crippen LogP contribution in [0.15, 0.2) is 59.0 Å². The quantitative estimate of drug-likeness (QED) is 0.380. The van der Waals surface area contributed by atoms with Gasteiger partial charge in [0.15, 0.2) is 0 Å². The van der Waals surface area contributed by atoms with Crippen LogP contribution in [0.4, 0.5) is 0 Å². The third kappa shape index (κ3) is 1.71. The Hall–Kier alpha value is -2.74. The first kappa shape index (κ1) is 13.7. The van der Waals surface area contributed by atoms with Crippen LogP contribution in [0.5, 0.6) is 0 Å². The number of furan rings is 1. The van der Waals surface area contributed by atoms with Crippen LogP contribution in [0.25, 0.3) is 43.7 Å². The SMILES string of the molecule is CCCc1ccc2c(c1)c1c3oc4ccccc4c3ccc1n2C. The summed E-state index contributed by atoms with van der Waals surface area (Å²) in [6.45, 7) is 2.23. The second-order valence-electron chi connectivity index (χ2n) is 6.60.